The number of halogens is 1. The van der Waals surface area contributed by atoms with Gasteiger partial charge in [0.2, 0.25) is 0 Å². The molecule has 6 heteroatoms. The van der Waals surface area contributed by atoms with Crippen molar-refractivity contribution in [2.75, 3.05) is 13.7 Å². The van der Waals surface area contributed by atoms with Crippen LogP contribution in [0.4, 0.5) is 0 Å². The normalized spacial score (nSPS) is 10.6. The number of hydrogen-bond donors (Lipinski definition) is 1. The van der Waals surface area contributed by atoms with Crippen molar-refractivity contribution < 1.29 is 4.74 Å². The fourth-order valence-corrected chi connectivity index (χ4v) is 1.89. The summed E-state index contributed by atoms with van der Waals surface area (Å²) in [6.45, 7) is 2.22. The van der Waals surface area contributed by atoms with Gasteiger partial charge in [-0.15, -0.1) is 5.10 Å². The van der Waals surface area contributed by atoms with Gasteiger partial charge < -0.3 is 10.1 Å². The van der Waals surface area contributed by atoms with Crippen molar-refractivity contribution in [1.82, 2.24) is 20.3 Å². The molecule has 0 atom stereocenters. The Balaban J connectivity index is 1.86. The Hall–Kier alpha value is -1.59. The first-order valence-electron chi connectivity index (χ1n) is 5.67. The molecule has 1 N–H and O–H groups in total. The Bertz CT molecular complexity index is 487. The van der Waals surface area contributed by atoms with Gasteiger partial charge in [-0.1, -0.05) is 22.9 Å². The summed E-state index contributed by atoms with van der Waals surface area (Å²) in [6.07, 6.45) is 3.49. The maximum Gasteiger partial charge on any atom is 0.124 e. The Morgan fingerprint density at radius 3 is 3.06 bits per heavy atom. The highest BCUT2D eigenvalue weighted by Gasteiger charge is 2.06. The van der Waals surface area contributed by atoms with Crippen molar-refractivity contribution in [1.29, 1.82) is 0 Å². The van der Waals surface area contributed by atoms with Crippen molar-refractivity contribution in [2.45, 2.75) is 13.1 Å². The molecule has 1 aromatic heterocycles. The van der Waals surface area contributed by atoms with E-state index in [1.807, 2.05) is 24.4 Å². The molecule has 0 fully saturated rings. The summed E-state index contributed by atoms with van der Waals surface area (Å²) >= 11 is 6.14. The molecule has 5 nitrogen and oxygen atoms in total. The highest BCUT2D eigenvalue weighted by molar-refractivity contribution is 6.31. The molecule has 2 aromatic rings. The van der Waals surface area contributed by atoms with Crippen LogP contribution in [0.2, 0.25) is 5.02 Å². The lowest BCUT2D eigenvalue weighted by molar-refractivity contribution is 0.407. The van der Waals surface area contributed by atoms with Gasteiger partial charge in [-0.05, 0) is 12.1 Å². The lowest BCUT2D eigenvalue weighted by Gasteiger charge is -2.11. The molecule has 2 rings (SSSR count). The lowest BCUT2D eigenvalue weighted by Crippen LogP contribution is -2.20. The van der Waals surface area contributed by atoms with Gasteiger partial charge in [-0.3, -0.25) is 4.68 Å². The van der Waals surface area contributed by atoms with Crippen LogP contribution in [-0.4, -0.2) is 28.6 Å². The fraction of sp³-hybridized carbons (Fsp3) is 0.333. The SMILES string of the molecule is COc1cccc(Cl)c1CNCCn1ccnn1. The van der Waals surface area contributed by atoms with Gasteiger partial charge in [0, 0.05) is 29.9 Å². The predicted octanol–water partition coefficient (Wildman–Crippen LogP) is 1.73. The van der Waals surface area contributed by atoms with Gasteiger partial charge in [0.1, 0.15) is 5.75 Å². The van der Waals surface area contributed by atoms with Gasteiger partial charge in [0.25, 0.3) is 0 Å². The predicted molar refractivity (Wildman–Crippen MR) is 69.7 cm³/mol. The molecule has 0 aliphatic heterocycles. The van der Waals surface area contributed by atoms with E-state index in [1.165, 1.54) is 0 Å². The summed E-state index contributed by atoms with van der Waals surface area (Å²) in [5, 5.41) is 11.6. The Labute approximate surface area is 111 Å². The van der Waals surface area contributed by atoms with Crippen molar-refractivity contribution in [3.8, 4) is 5.75 Å². The molecule has 18 heavy (non-hydrogen) atoms. The third-order valence-corrected chi connectivity index (χ3v) is 2.94. The number of hydrogen-bond acceptors (Lipinski definition) is 4. The number of nitrogens with zero attached hydrogens (tertiary/aromatic N) is 3. The quantitative estimate of drug-likeness (QED) is 0.809. The average molecular weight is 267 g/mol. The van der Waals surface area contributed by atoms with Gasteiger partial charge in [-0.25, -0.2) is 0 Å². The molecule has 0 unspecified atom stereocenters. The number of aromatic nitrogens is 3. The first kappa shape index (κ1) is 12.9. The second-order valence-corrected chi connectivity index (χ2v) is 4.17. The Kier molecular flexibility index (Phi) is 4.55. The van der Waals surface area contributed by atoms with E-state index < -0.39 is 0 Å². The minimum Gasteiger partial charge on any atom is -0.496 e. The summed E-state index contributed by atoms with van der Waals surface area (Å²) in [7, 11) is 1.64. The molecule has 0 radical (unpaired) electrons. The third-order valence-electron chi connectivity index (χ3n) is 2.59. The van der Waals surface area contributed by atoms with Crippen molar-refractivity contribution in [2.24, 2.45) is 0 Å². The van der Waals surface area contributed by atoms with Crippen molar-refractivity contribution in [3.63, 3.8) is 0 Å². The van der Waals surface area contributed by atoms with Crippen LogP contribution in [0.25, 0.3) is 0 Å². The van der Waals surface area contributed by atoms with E-state index in [1.54, 1.807) is 18.0 Å². The lowest BCUT2D eigenvalue weighted by atomic mass is 10.2. The molecule has 0 saturated heterocycles. The largest absolute Gasteiger partial charge is 0.496 e. The van der Waals surface area contributed by atoms with Crippen LogP contribution in [0.3, 0.4) is 0 Å². The monoisotopic (exact) mass is 266 g/mol. The summed E-state index contributed by atoms with van der Waals surface area (Å²) in [5.74, 6) is 0.802. The fourth-order valence-electron chi connectivity index (χ4n) is 1.66. The van der Waals surface area contributed by atoms with E-state index >= 15 is 0 Å². The number of nitrogens with one attached hydrogen (secondary N) is 1. The minimum absolute atomic E-state index is 0.664. The molecular weight excluding hydrogens is 252 g/mol. The molecule has 96 valence electrons. The highest BCUT2D eigenvalue weighted by atomic mass is 35.5. The molecule has 0 spiro atoms. The molecule has 1 heterocycles. The van der Waals surface area contributed by atoms with Crippen LogP contribution in [0.15, 0.2) is 30.6 Å². The zero-order chi connectivity index (χ0) is 12.8. The third kappa shape index (κ3) is 3.21. The van der Waals surface area contributed by atoms with E-state index in [4.69, 9.17) is 16.3 Å². The molecular formula is C12H15ClN4O. The summed E-state index contributed by atoms with van der Waals surface area (Å²) in [4.78, 5) is 0. The highest BCUT2D eigenvalue weighted by Crippen LogP contribution is 2.25. The zero-order valence-electron chi connectivity index (χ0n) is 10.1. The average Bonchev–Trinajstić information content (AvgIpc) is 2.89. The van der Waals surface area contributed by atoms with Gasteiger partial charge in [0.15, 0.2) is 0 Å². The molecule has 0 saturated carbocycles. The van der Waals surface area contributed by atoms with E-state index in [2.05, 4.69) is 15.6 Å². The van der Waals surface area contributed by atoms with Gasteiger partial charge >= 0.3 is 0 Å². The summed E-state index contributed by atoms with van der Waals surface area (Å²) in [5.41, 5.74) is 0.972. The summed E-state index contributed by atoms with van der Waals surface area (Å²) in [6, 6.07) is 5.64. The zero-order valence-corrected chi connectivity index (χ0v) is 10.9. The van der Waals surface area contributed by atoms with Crippen LogP contribution in [0.1, 0.15) is 5.56 Å². The van der Waals surface area contributed by atoms with E-state index in [0.29, 0.717) is 11.6 Å². The van der Waals surface area contributed by atoms with Crippen LogP contribution in [0.5, 0.6) is 5.75 Å². The Morgan fingerprint density at radius 2 is 2.33 bits per heavy atom. The topological polar surface area (TPSA) is 52.0 Å². The second kappa shape index (κ2) is 6.37. The summed E-state index contributed by atoms with van der Waals surface area (Å²) < 4.78 is 7.05. The van der Waals surface area contributed by atoms with Crippen LogP contribution in [0, 0.1) is 0 Å². The van der Waals surface area contributed by atoms with Gasteiger partial charge in [0.05, 0.1) is 19.9 Å². The molecule has 0 bridgehead atoms. The number of benzene rings is 1. The number of ether oxygens (including phenoxy) is 1. The minimum atomic E-state index is 0.664. The second-order valence-electron chi connectivity index (χ2n) is 3.76. The molecule has 0 amide bonds. The first-order chi connectivity index (χ1) is 8.81. The smallest absolute Gasteiger partial charge is 0.124 e. The van der Waals surface area contributed by atoms with E-state index in [9.17, 15) is 0 Å². The van der Waals surface area contributed by atoms with Crippen LogP contribution >= 0.6 is 11.6 Å². The Morgan fingerprint density at radius 1 is 1.44 bits per heavy atom. The number of methoxy groups -OCH3 is 1. The molecule has 0 aliphatic rings. The number of rotatable bonds is 6. The molecule has 0 aliphatic carbocycles. The van der Waals surface area contributed by atoms with Crippen molar-refractivity contribution in [3.05, 3.63) is 41.2 Å². The standard InChI is InChI=1S/C12H15ClN4O/c1-18-12-4-2-3-11(13)10(12)9-14-5-7-17-8-6-15-16-17/h2-4,6,8,14H,5,7,9H2,1H3. The van der Waals surface area contributed by atoms with E-state index in [0.717, 1.165) is 24.4 Å². The first-order valence-corrected chi connectivity index (χ1v) is 6.05. The van der Waals surface area contributed by atoms with E-state index in [-0.39, 0.29) is 0 Å². The van der Waals surface area contributed by atoms with Crippen LogP contribution in [-0.2, 0) is 13.1 Å². The van der Waals surface area contributed by atoms with Crippen LogP contribution < -0.4 is 10.1 Å². The maximum absolute atomic E-state index is 6.14. The van der Waals surface area contributed by atoms with Gasteiger partial charge in [-0.2, -0.15) is 0 Å². The maximum atomic E-state index is 6.14. The molecule has 1 aromatic carbocycles. The van der Waals surface area contributed by atoms with Crippen molar-refractivity contribution >= 4 is 11.6 Å².